The van der Waals surface area contributed by atoms with E-state index in [0.29, 0.717) is 16.3 Å². The van der Waals surface area contributed by atoms with Crippen LogP contribution in [0.3, 0.4) is 0 Å². The Hall–Kier alpha value is -2.27. The lowest BCUT2D eigenvalue weighted by atomic mass is 9.94. The SMILES string of the molecule is CNC(=O)c1cc(C(=O)NC2CCCCC2)c(C(C)c2ccc(Cl)cc2)o1. The molecule has 27 heavy (non-hydrogen) atoms. The molecule has 1 aliphatic rings. The van der Waals surface area contributed by atoms with Gasteiger partial charge in [-0.1, -0.05) is 49.9 Å². The number of amides is 2. The summed E-state index contributed by atoms with van der Waals surface area (Å²) in [5.74, 6) is -0.0907. The number of hydrogen-bond acceptors (Lipinski definition) is 3. The van der Waals surface area contributed by atoms with E-state index in [1.54, 1.807) is 18.2 Å². The van der Waals surface area contributed by atoms with Crippen molar-refractivity contribution in [1.82, 2.24) is 10.6 Å². The molecule has 1 aromatic carbocycles. The van der Waals surface area contributed by atoms with Crippen molar-refractivity contribution in [2.45, 2.75) is 51.0 Å². The van der Waals surface area contributed by atoms with Crippen LogP contribution in [0.1, 0.15) is 77.2 Å². The lowest BCUT2D eigenvalue weighted by Gasteiger charge is -2.23. The van der Waals surface area contributed by atoms with E-state index in [0.717, 1.165) is 31.2 Å². The van der Waals surface area contributed by atoms with Crippen molar-refractivity contribution >= 4 is 23.4 Å². The van der Waals surface area contributed by atoms with E-state index in [-0.39, 0.29) is 29.5 Å². The van der Waals surface area contributed by atoms with Crippen LogP contribution < -0.4 is 10.6 Å². The predicted octanol–water partition coefficient (Wildman–Crippen LogP) is 4.51. The van der Waals surface area contributed by atoms with Crippen molar-refractivity contribution < 1.29 is 14.0 Å². The fourth-order valence-corrected chi connectivity index (χ4v) is 3.68. The minimum Gasteiger partial charge on any atom is -0.454 e. The van der Waals surface area contributed by atoms with Crippen LogP contribution in [0, 0.1) is 0 Å². The van der Waals surface area contributed by atoms with Crippen LogP contribution in [0.2, 0.25) is 5.02 Å². The second-order valence-electron chi connectivity index (χ2n) is 7.05. The Kier molecular flexibility index (Phi) is 6.22. The van der Waals surface area contributed by atoms with Gasteiger partial charge in [0.2, 0.25) is 0 Å². The molecule has 2 aromatic rings. The molecule has 1 aromatic heterocycles. The van der Waals surface area contributed by atoms with Gasteiger partial charge in [-0.25, -0.2) is 0 Å². The maximum absolute atomic E-state index is 12.9. The lowest BCUT2D eigenvalue weighted by Crippen LogP contribution is -2.36. The zero-order valence-corrected chi connectivity index (χ0v) is 16.4. The number of hydrogen-bond donors (Lipinski definition) is 2. The molecular formula is C21H25ClN2O3. The third-order valence-corrected chi connectivity index (χ3v) is 5.41. The van der Waals surface area contributed by atoms with Crippen LogP contribution in [-0.4, -0.2) is 24.9 Å². The summed E-state index contributed by atoms with van der Waals surface area (Å²) in [6.07, 6.45) is 5.47. The molecule has 3 rings (SSSR count). The summed E-state index contributed by atoms with van der Waals surface area (Å²) < 4.78 is 5.82. The normalized spacial score (nSPS) is 16.0. The zero-order valence-electron chi connectivity index (χ0n) is 15.7. The second kappa shape index (κ2) is 8.61. The van der Waals surface area contributed by atoms with E-state index in [1.165, 1.54) is 13.5 Å². The van der Waals surface area contributed by atoms with Crippen LogP contribution in [0.15, 0.2) is 34.7 Å². The van der Waals surface area contributed by atoms with Gasteiger partial charge in [-0.05, 0) is 30.5 Å². The molecule has 1 atom stereocenters. The molecule has 2 amide bonds. The number of halogens is 1. The standard InChI is InChI=1S/C21H25ClN2O3/c1-13(14-8-10-15(22)11-9-14)19-17(12-18(27-19)21(26)23-2)20(25)24-16-6-4-3-5-7-16/h8-13,16H,3-7H2,1-2H3,(H,23,26)(H,24,25). The Labute approximate surface area is 164 Å². The largest absolute Gasteiger partial charge is 0.454 e. The van der Waals surface area contributed by atoms with Crippen LogP contribution in [0.25, 0.3) is 0 Å². The van der Waals surface area contributed by atoms with E-state index >= 15 is 0 Å². The monoisotopic (exact) mass is 388 g/mol. The number of rotatable bonds is 5. The second-order valence-corrected chi connectivity index (χ2v) is 7.49. The highest BCUT2D eigenvalue weighted by Gasteiger charge is 2.27. The smallest absolute Gasteiger partial charge is 0.286 e. The fourth-order valence-electron chi connectivity index (χ4n) is 3.55. The van der Waals surface area contributed by atoms with Crippen molar-refractivity contribution in [3.05, 3.63) is 58.0 Å². The molecule has 1 unspecified atom stereocenters. The first-order valence-corrected chi connectivity index (χ1v) is 9.79. The van der Waals surface area contributed by atoms with Crippen LogP contribution >= 0.6 is 11.6 Å². The van der Waals surface area contributed by atoms with Crippen LogP contribution in [0.5, 0.6) is 0 Å². The summed E-state index contributed by atoms with van der Waals surface area (Å²) in [4.78, 5) is 25.0. The average Bonchev–Trinajstić information content (AvgIpc) is 3.14. The molecule has 1 heterocycles. The molecule has 5 nitrogen and oxygen atoms in total. The molecule has 0 spiro atoms. The quantitative estimate of drug-likeness (QED) is 0.791. The Morgan fingerprint density at radius 1 is 1.11 bits per heavy atom. The predicted molar refractivity (Wildman–Crippen MR) is 105 cm³/mol. The maximum atomic E-state index is 12.9. The lowest BCUT2D eigenvalue weighted by molar-refractivity contribution is 0.0918. The van der Waals surface area contributed by atoms with Gasteiger partial charge >= 0.3 is 0 Å². The minimum absolute atomic E-state index is 0.141. The van der Waals surface area contributed by atoms with Crippen LogP contribution in [0.4, 0.5) is 0 Å². The molecule has 144 valence electrons. The summed E-state index contributed by atoms with van der Waals surface area (Å²) in [7, 11) is 1.54. The molecule has 0 saturated heterocycles. The molecule has 0 bridgehead atoms. The zero-order chi connectivity index (χ0) is 19.4. The van der Waals surface area contributed by atoms with Crippen molar-refractivity contribution in [2.75, 3.05) is 7.05 Å². The highest BCUT2D eigenvalue weighted by molar-refractivity contribution is 6.30. The molecule has 1 saturated carbocycles. The third kappa shape index (κ3) is 4.53. The molecule has 0 radical (unpaired) electrons. The van der Waals surface area contributed by atoms with Gasteiger partial charge in [-0.15, -0.1) is 0 Å². The first kappa shape index (κ1) is 19.5. The highest BCUT2D eigenvalue weighted by Crippen LogP contribution is 2.31. The first-order valence-electron chi connectivity index (χ1n) is 9.41. The number of benzene rings is 1. The summed E-state index contributed by atoms with van der Waals surface area (Å²) >= 11 is 5.98. The Balaban J connectivity index is 1.90. The molecule has 2 N–H and O–H groups in total. The number of carbonyl (C=O) groups is 2. The summed E-state index contributed by atoms with van der Waals surface area (Å²) in [5, 5.41) is 6.30. The summed E-state index contributed by atoms with van der Waals surface area (Å²) in [6, 6.07) is 9.13. The molecule has 1 fully saturated rings. The van der Waals surface area contributed by atoms with Crippen molar-refractivity contribution in [1.29, 1.82) is 0 Å². The molecule has 0 aliphatic heterocycles. The van der Waals surface area contributed by atoms with E-state index in [9.17, 15) is 9.59 Å². The van der Waals surface area contributed by atoms with Gasteiger partial charge in [0.1, 0.15) is 5.76 Å². The van der Waals surface area contributed by atoms with Gasteiger partial charge in [-0.2, -0.15) is 0 Å². The topological polar surface area (TPSA) is 71.3 Å². The minimum atomic E-state index is -0.351. The van der Waals surface area contributed by atoms with Crippen LogP contribution in [-0.2, 0) is 0 Å². The number of furan rings is 1. The first-order chi connectivity index (χ1) is 13.0. The Bertz CT molecular complexity index is 807. The van der Waals surface area contributed by atoms with Gasteiger partial charge < -0.3 is 15.1 Å². The third-order valence-electron chi connectivity index (χ3n) is 5.16. The van der Waals surface area contributed by atoms with Crippen molar-refractivity contribution in [2.24, 2.45) is 0 Å². The van der Waals surface area contributed by atoms with E-state index in [2.05, 4.69) is 10.6 Å². The summed E-state index contributed by atoms with van der Waals surface area (Å²) in [6.45, 7) is 1.95. The summed E-state index contributed by atoms with van der Waals surface area (Å²) in [5.41, 5.74) is 1.38. The van der Waals surface area contributed by atoms with E-state index < -0.39 is 0 Å². The molecule has 1 aliphatic carbocycles. The van der Waals surface area contributed by atoms with E-state index in [4.69, 9.17) is 16.0 Å². The maximum Gasteiger partial charge on any atom is 0.286 e. The Morgan fingerprint density at radius 3 is 2.41 bits per heavy atom. The Morgan fingerprint density at radius 2 is 1.78 bits per heavy atom. The average molecular weight is 389 g/mol. The van der Waals surface area contributed by atoms with Crippen molar-refractivity contribution in [3.8, 4) is 0 Å². The van der Waals surface area contributed by atoms with Crippen molar-refractivity contribution in [3.63, 3.8) is 0 Å². The highest BCUT2D eigenvalue weighted by atomic mass is 35.5. The van der Waals surface area contributed by atoms with Gasteiger partial charge in [0.05, 0.1) is 5.56 Å². The number of carbonyl (C=O) groups excluding carboxylic acids is 2. The van der Waals surface area contributed by atoms with Gasteiger partial charge in [0.25, 0.3) is 11.8 Å². The molecule has 6 heteroatoms. The van der Waals surface area contributed by atoms with Gasteiger partial charge in [0, 0.05) is 30.1 Å². The number of nitrogens with one attached hydrogen (secondary N) is 2. The molecular weight excluding hydrogens is 364 g/mol. The fraction of sp³-hybridized carbons (Fsp3) is 0.429. The van der Waals surface area contributed by atoms with E-state index in [1.807, 2.05) is 19.1 Å². The van der Waals surface area contributed by atoms with Gasteiger partial charge in [-0.3, -0.25) is 9.59 Å². The van der Waals surface area contributed by atoms with Gasteiger partial charge in [0.15, 0.2) is 5.76 Å².